The number of carbonyl (C=O) groups excluding carboxylic acids is 2. The monoisotopic (exact) mass is 316 g/mol. The van der Waals surface area contributed by atoms with Crippen LogP contribution in [0.5, 0.6) is 11.5 Å². The third-order valence-corrected chi connectivity index (χ3v) is 3.60. The summed E-state index contributed by atoms with van der Waals surface area (Å²) in [6.07, 6.45) is -0.193. The van der Waals surface area contributed by atoms with Crippen LogP contribution in [-0.4, -0.2) is 24.8 Å². The van der Waals surface area contributed by atoms with E-state index in [-0.39, 0.29) is 18.0 Å². The average molecular weight is 317 g/mol. The molecule has 2 aromatic rings. The molecule has 0 unspecified atom stereocenters. The highest BCUT2D eigenvalue weighted by Crippen LogP contribution is 2.31. The van der Waals surface area contributed by atoms with Gasteiger partial charge < -0.3 is 9.47 Å². The first-order valence-electron chi connectivity index (χ1n) is 6.85. The molecule has 0 saturated heterocycles. The summed E-state index contributed by atoms with van der Waals surface area (Å²) < 4.78 is 10.8. The molecule has 1 aliphatic heterocycles. The molecule has 3 rings (SSSR count). The predicted octanol–water partition coefficient (Wildman–Crippen LogP) is 3.57. The van der Waals surface area contributed by atoms with Gasteiger partial charge in [0.25, 0.3) is 0 Å². The molecule has 0 aromatic heterocycles. The zero-order valence-electron chi connectivity index (χ0n) is 11.7. The summed E-state index contributed by atoms with van der Waals surface area (Å²) in [6.45, 7) is 0.948. The van der Waals surface area contributed by atoms with Crippen molar-refractivity contribution in [1.82, 2.24) is 0 Å². The third-order valence-electron chi connectivity index (χ3n) is 3.35. The Bertz CT molecular complexity index is 722. The fraction of sp³-hybridized carbons (Fsp3) is 0.176. The van der Waals surface area contributed by atoms with Crippen molar-refractivity contribution < 1.29 is 19.1 Å². The van der Waals surface area contributed by atoms with Crippen molar-refractivity contribution in [2.75, 3.05) is 13.2 Å². The summed E-state index contributed by atoms with van der Waals surface area (Å²) >= 11 is 5.78. The van der Waals surface area contributed by atoms with Gasteiger partial charge in [-0.15, -0.1) is 0 Å². The zero-order valence-corrected chi connectivity index (χ0v) is 12.4. The third kappa shape index (κ3) is 3.12. The summed E-state index contributed by atoms with van der Waals surface area (Å²) in [5.74, 6) is 0.663. The normalized spacial score (nSPS) is 12.8. The molecule has 1 heterocycles. The van der Waals surface area contributed by atoms with Crippen LogP contribution in [0.25, 0.3) is 0 Å². The summed E-state index contributed by atoms with van der Waals surface area (Å²) in [5, 5.41) is 0.551. The van der Waals surface area contributed by atoms with Crippen LogP contribution in [0.1, 0.15) is 27.1 Å². The molecule has 0 N–H and O–H groups in total. The SMILES string of the molecule is O=C(CC(=O)c1ccc2c(c1)OCCO2)c1ccc(Cl)cc1. The van der Waals surface area contributed by atoms with Crippen LogP contribution in [0.3, 0.4) is 0 Å². The second-order valence-electron chi connectivity index (χ2n) is 4.89. The largest absolute Gasteiger partial charge is 0.486 e. The molecule has 5 heteroatoms. The van der Waals surface area contributed by atoms with Gasteiger partial charge in [0.15, 0.2) is 23.1 Å². The maximum absolute atomic E-state index is 12.2. The highest BCUT2D eigenvalue weighted by atomic mass is 35.5. The van der Waals surface area contributed by atoms with Crippen molar-refractivity contribution in [3.8, 4) is 11.5 Å². The Morgan fingerprint density at radius 2 is 1.45 bits per heavy atom. The van der Waals surface area contributed by atoms with Crippen LogP contribution in [0, 0.1) is 0 Å². The fourth-order valence-corrected chi connectivity index (χ4v) is 2.33. The minimum absolute atomic E-state index is 0.193. The quantitative estimate of drug-likeness (QED) is 0.639. The number of ether oxygens (including phenoxy) is 2. The van der Waals surface area contributed by atoms with E-state index >= 15 is 0 Å². The molecule has 0 fully saturated rings. The Labute approximate surface area is 132 Å². The molecule has 0 bridgehead atoms. The Morgan fingerprint density at radius 1 is 0.864 bits per heavy atom. The first-order chi connectivity index (χ1) is 10.6. The summed E-state index contributed by atoms with van der Waals surface area (Å²) in [7, 11) is 0. The minimum atomic E-state index is -0.253. The molecule has 2 aromatic carbocycles. The molecule has 0 spiro atoms. The van der Waals surface area contributed by atoms with Crippen LogP contribution in [0.15, 0.2) is 42.5 Å². The van der Waals surface area contributed by atoms with E-state index in [0.717, 1.165) is 0 Å². The predicted molar refractivity (Wildman–Crippen MR) is 82.2 cm³/mol. The summed E-state index contributed by atoms with van der Waals surface area (Å²) in [5.41, 5.74) is 0.904. The van der Waals surface area contributed by atoms with Gasteiger partial charge in [-0.2, -0.15) is 0 Å². The zero-order chi connectivity index (χ0) is 15.5. The van der Waals surface area contributed by atoms with Gasteiger partial charge in [-0.3, -0.25) is 9.59 Å². The number of Topliss-reactive ketones (excluding diaryl/α,β-unsaturated/α-hetero) is 2. The van der Waals surface area contributed by atoms with Gasteiger partial charge in [-0.1, -0.05) is 11.6 Å². The average Bonchev–Trinajstić information content (AvgIpc) is 2.55. The van der Waals surface area contributed by atoms with Crippen LogP contribution in [0.2, 0.25) is 5.02 Å². The number of hydrogen-bond donors (Lipinski definition) is 0. The second-order valence-corrected chi connectivity index (χ2v) is 5.32. The van der Waals surface area contributed by atoms with Crippen molar-refractivity contribution >= 4 is 23.2 Å². The lowest BCUT2D eigenvalue weighted by Crippen LogP contribution is -2.16. The molecule has 4 nitrogen and oxygen atoms in total. The Kier molecular flexibility index (Phi) is 4.11. The summed E-state index contributed by atoms with van der Waals surface area (Å²) in [6, 6.07) is 11.4. The first kappa shape index (κ1) is 14.6. The number of ketones is 2. The molecule has 0 amide bonds. The van der Waals surface area contributed by atoms with E-state index in [2.05, 4.69) is 0 Å². The van der Waals surface area contributed by atoms with Crippen LogP contribution < -0.4 is 9.47 Å². The Morgan fingerprint density at radius 3 is 2.18 bits per heavy atom. The maximum Gasteiger partial charge on any atom is 0.170 e. The van der Waals surface area contributed by atoms with Crippen molar-refractivity contribution in [2.24, 2.45) is 0 Å². The first-order valence-corrected chi connectivity index (χ1v) is 7.23. The van der Waals surface area contributed by atoms with Gasteiger partial charge in [0, 0.05) is 16.1 Å². The smallest absolute Gasteiger partial charge is 0.170 e. The van der Waals surface area contributed by atoms with Gasteiger partial charge >= 0.3 is 0 Å². The van der Waals surface area contributed by atoms with Crippen LogP contribution >= 0.6 is 11.6 Å². The Hall–Kier alpha value is -2.33. The molecular weight excluding hydrogens is 304 g/mol. The van der Waals surface area contributed by atoms with E-state index in [0.29, 0.717) is 40.9 Å². The number of carbonyl (C=O) groups is 2. The van der Waals surface area contributed by atoms with Crippen LogP contribution in [-0.2, 0) is 0 Å². The highest BCUT2D eigenvalue weighted by Gasteiger charge is 2.17. The minimum Gasteiger partial charge on any atom is -0.486 e. The van der Waals surface area contributed by atoms with Gasteiger partial charge in [0.2, 0.25) is 0 Å². The van der Waals surface area contributed by atoms with E-state index < -0.39 is 0 Å². The van der Waals surface area contributed by atoms with Crippen molar-refractivity contribution in [2.45, 2.75) is 6.42 Å². The Balaban J connectivity index is 1.74. The van der Waals surface area contributed by atoms with E-state index in [4.69, 9.17) is 21.1 Å². The number of benzene rings is 2. The fourth-order valence-electron chi connectivity index (χ4n) is 2.20. The standard InChI is InChI=1S/C17H13ClO4/c18-13-4-1-11(2-5-13)14(19)10-15(20)12-3-6-16-17(9-12)22-8-7-21-16/h1-6,9H,7-8,10H2. The molecule has 0 saturated carbocycles. The van der Waals surface area contributed by atoms with E-state index in [1.807, 2.05) is 0 Å². The molecule has 22 heavy (non-hydrogen) atoms. The lowest BCUT2D eigenvalue weighted by molar-refractivity contribution is 0.0893. The topological polar surface area (TPSA) is 52.6 Å². The van der Waals surface area contributed by atoms with Gasteiger partial charge in [-0.25, -0.2) is 0 Å². The van der Waals surface area contributed by atoms with E-state index in [9.17, 15) is 9.59 Å². The van der Waals surface area contributed by atoms with Gasteiger partial charge in [-0.05, 0) is 42.5 Å². The lowest BCUT2D eigenvalue weighted by Gasteiger charge is -2.18. The highest BCUT2D eigenvalue weighted by molar-refractivity contribution is 6.30. The lowest BCUT2D eigenvalue weighted by atomic mass is 10.0. The maximum atomic E-state index is 12.2. The van der Waals surface area contributed by atoms with Crippen molar-refractivity contribution in [1.29, 1.82) is 0 Å². The molecule has 112 valence electrons. The van der Waals surface area contributed by atoms with Crippen molar-refractivity contribution in [3.05, 3.63) is 58.6 Å². The second kappa shape index (κ2) is 6.20. The number of rotatable bonds is 4. The molecular formula is C17H13ClO4. The molecule has 0 atom stereocenters. The number of hydrogen-bond acceptors (Lipinski definition) is 4. The van der Waals surface area contributed by atoms with Gasteiger partial charge in [0.1, 0.15) is 13.2 Å². The molecule has 0 aliphatic carbocycles. The molecule has 0 radical (unpaired) electrons. The van der Waals surface area contributed by atoms with E-state index in [1.54, 1.807) is 42.5 Å². The summed E-state index contributed by atoms with van der Waals surface area (Å²) in [4.78, 5) is 24.3. The van der Waals surface area contributed by atoms with Crippen molar-refractivity contribution in [3.63, 3.8) is 0 Å². The molecule has 1 aliphatic rings. The van der Waals surface area contributed by atoms with E-state index in [1.165, 1.54) is 0 Å². The van der Waals surface area contributed by atoms with Crippen LogP contribution in [0.4, 0.5) is 0 Å². The number of fused-ring (bicyclic) bond motifs is 1. The van der Waals surface area contributed by atoms with Gasteiger partial charge in [0.05, 0.1) is 6.42 Å². The number of halogens is 1.